The van der Waals surface area contributed by atoms with E-state index >= 15 is 0 Å². The van der Waals surface area contributed by atoms with Gasteiger partial charge < -0.3 is 4.90 Å². The Labute approximate surface area is 157 Å². The molecule has 26 heavy (non-hydrogen) atoms. The van der Waals surface area contributed by atoms with Gasteiger partial charge in [0.05, 0.1) is 17.1 Å². The molecule has 3 aromatic rings. The summed E-state index contributed by atoms with van der Waals surface area (Å²) < 4.78 is 0. The molecule has 0 unspecified atom stereocenters. The Balaban J connectivity index is 1.33. The van der Waals surface area contributed by atoms with Gasteiger partial charge in [-0.15, -0.1) is 11.3 Å². The van der Waals surface area contributed by atoms with Crippen molar-refractivity contribution >= 4 is 17.2 Å². The molecule has 0 atom stereocenters. The SMILES string of the molecule is O=C(Cc1csc(CCc2ccccn2)n1)N1CCc2ccccc2C1. The van der Waals surface area contributed by atoms with Crippen LogP contribution in [0.15, 0.2) is 54.0 Å². The summed E-state index contributed by atoms with van der Waals surface area (Å²) >= 11 is 1.64. The zero-order valence-electron chi connectivity index (χ0n) is 14.6. The molecule has 0 saturated carbocycles. The van der Waals surface area contributed by atoms with Crippen LogP contribution in [0.1, 0.15) is 27.5 Å². The molecule has 0 saturated heterocycles. The number of fused-ring (bicyclic) bond motifs is 1. The van der Waals surface area contributed by atoms with Crippen LogP contribution in [0.2, 0.25) is 0 Å². The molecular formula is C21H21N3OS. The fourth-order valence-electron chi connectivity index (χ4n) is 3.30. The van der Waals surface area contributed by atoms with Gasteiger partial charge in [0, 0.05) is 36.8 Å². The van der Waals surface area contributed by atoms with Crippen LogP contribution in [0.3, 0.4) is 0 Å². The van der Waals surface area contributed by atoms with Gasteiger partial charge >= 0.3 is 0 Å². The van der Waals surface area contributed by atoms with Crippen LogP contribution in [0.5, 0.6) is 0 Å². The molecule has 5 heteroatoms. The van der Waals surface area contributed by atoms with Gasteiger partial charge in [-0.3, -0.25) is 9.78 Å². The summed E-state index contributed by atoms with van der Waals surface area (Å²) in [5, 5.41) is 3.09. The first-order valence-corrected chi connectivity index (χ1v) is 9.83. The molecule has 1 aliphatic heterocycles. The summed E-state index contributed by atoms with van der Waals surface area (Å²) in [4.78, 5) is 23.6. The molecule has 1 aliphatic rings. The highest BCUT2D eigenvalue weighted by Gasteiger charge is 2.21. The highest BCUT2D eigenvalue weighted by atomic mass is 32.1. The van der Waals surface area contributed by atoms with Crippen LogP contribution >= 0.6 is 11.3 Å². The van der Waals surface area contributed by atoms with E-state index in [1.165, 1.54) is 11.1 Å². The minimum Gasteiger partial charge on any atom is -0.338 e. The Morgan fingerprint density at radius 1 is 1.04 bits per heavy atom. The maximum atomic E-state index is 12.6. The number of thiazole rings is 1. The standard InChI is InChI=1S/C21H21N3OS/c25-21(24-12-10-16-5-1-2-6-17(16)14-24)13-19-15-26-20(23-19)9-8-18-7-3-4-11-22-18/h1-7,11,15H,8-10,12-14H2. The Hall–Kier alpha value is -2.53. The molecule has 2 aromatic heterocycles. The Morgan fingerprint density at radius 3 is 2.73 bits per heavy atom. The third kappa shape index (κ3) is 3.99. The third-order valence-corrected chi connectivity index (χ3v) is 5.69. The lowest BCUT2D eigenvalue weighted by molar-refractivity contribution is -0.131. The fraction of sp³-hybridized carbons (Fsp3) is 0.286. The lowest BCUT2D eigenvalue weighted by atomic mass is 10.00. The average molecular weight is 363 g/mol. The predicted molar refractivity (Wildman–Crippen MR) is 103 cm³/mol. The fourth-order valence-corrected chi connectivity index (χ4v) is 4.10. The minimum absolute atomic E-state index is 0.168. The summed E-state index contributed by atoms with van der Waals surface area (Å²) in [6, 6.07) is 14.4. The van der Waals surface area contributed by atoms with Crippen molar-refractivity contribution in [2.45, 2.75) is 32.2 Å². The highest BCUT2D eigenvalue weighted by molar-refractivity contribution is 7.09. The van der Waals surface area contributed by atoms with Crippen LogP contribution in [-0.2, 0) is 37.0 Å². The molecule has 1 aromatic carbocycles. The van der Waals surface area contributed by atoms with Gasteiger partial charge in [0.1, 0.15) is 0 Å². The van der Waals surface area contributed by atoms with Crippen LogP contribution in [0.25, 0.3) is 0 Å². The highest BCUT2D eigenvalue weighted by Crippen LogP contribution is 2.20. The normalized spacial score (nSPS) is 13.5. The number of benzene rings is 1. The van der Waals surface area contributed by atoms with Crippen LogP contribution in [0, 0.1) is 0 Å². The Bertz CT molecular complexity index is 891. The van der Waals surface area contributed by atoms with E-state index in [0.29, 0.717) is 13.0 Å². The first-order chi connectivity index (χ1) is 12.8. The molecular weight excluding hydrogens is 342 g/mol. The number of nitrogens with zero attached hydrogens (tertiary/aromatic N) is 3. The monoisotopic (exact) mass is 363 g/mol. The van der Waals surface area contributed by atoms with E-state index in [4.69, 9.17) is 0 Å². The molecule has 4 nitrogen and oxygen atoms in total. The number of pyridine rings is 1. The van der Waals surface area contributed by atoms with Crippen LogP contribution in [-0.4, -0.2) is 27.3 Å². The average Bonchev–Trinajstić information content (AvgIpc) is 3.14. The minimum atomic E-state index is 0.168. The largest absolute Gasteiger partial charge is 0.338 e. The van der Waals surface area contributed by atoms with Crippen molar-refractivity contribution in [3.63, 3.8) is 0 Å². The van der Waals surface area contributed by atoms with Gasteiger partial charge in [-0.25, -0.2) is 4.98 Å². The van der Waals surface area contributed by atoms with Crippen molar-refractivity contribution < 1.29 is 4.79 Å². The van der Waals surface area contributed by atoms with E-state index < -0.39 is 0 Å². The molecule has 0 fully saturated rings. The van der Waals surface area contributed by atoms with E-state index in [1.54, 1.807) is 11.3 Å². The van der Waals surface area contributed by atoms with Crippen LogP contribution in [0.4, 0.5) is 0 Å². The smallest absolute Gasteiger partial charge is 0.228 e. The molecule has 0 aliphatic carbocycles. The van der Waals surface area contributed by atoms with E-state index in [9.17, 15) is 4.79 Å². The van der Waals surface area contributed by atoms with Gasteiger partial charge in [0.15, 0.2) is 0 Å². The summed E-state index contributed by atoms with van der Waals surface area (Å²) in [5.41, 5.74) is 4.59. The van der Waals surface area contributed by atoms with Crippen molar-refractivity contribution in [3.8, 4) is 0 Å². The molecule has 4 rings (SSSR count). The Morgan fingerprint density at radius 2 is 1.88 bits per heavy atom. The van der Waals surface area contributed by atoms with E-state index in [0.717, 1.165) is 42.2 Å². The zero-order valence-corrected chi connectivity index (χ0v) is 15.4. The van der Waals surface area contributed by atoms with Gasteiger partial charge in [-0.2, -0.15) is 0 Å². The van der Waals surface area contributed by atoms with Crippen molar-refractivity contribution in [2.75, 3.05) is 6.54 Å². The summed E-state index contributed by atoms with van der Waals surface area (Å²) in [6.45, 7) is 1.51. The first kappa shape index (κ1) is 16.9. The maximum absolute atomic E-state index is 12.6. The topological polar surface area (TPSA) is 46.1 Å². The molecule has 0 radical (unpaired) electrons. The second-order valence-electron chi connectivity index (χ2n) is 6.56. The number of hydrogen-bond donors (Lipinski definition) is 0. The Kier molecular flexibility index (Phi) is 5.07. The van der Waals surface area contributed by atoms with Gasteiger partial charge in [0.2, 0.25) is 5.91 Å². The first-order valence-electron chi connectivity index (χ1n) is 8.96. The predicted octanol–water partition coefficient (Wildman–Crippen LogP) is 3.45. The molecule has 0 spiro atoms. The lowest BCUT2D eigenvalue weighted by Crippen LogP contribution is -2.36. The van der Waals surface area contributed by atoms with Gasteiger partial charge in [-0.1, -0.05) is 30.3 Å². The molecule has 3 heterocycles. The molecule has 0 N–H and O–H groups in total. The summed E-state index contributed by atoms with van der Waals surface area (Å²) in [5.74, 6) is 0.168. The van der Waals surface area contributed by atoms with Gasteiger partial charge in [0.25, 0.3) is 0 Å². The van der Waals surface area contributed by atoms with Crippen molar-refractivity contribution in [1.82, 2.24) is 14.9 Å². The number of carbonyl (C=O) groups excluding carboxylic acids is 1. The number of aryl methyl sites for hydroxylation is 2. The second-order valence-corrected chi connectivity index (χ2v) is 7.51. The zero-order chi connectivity index (χ0) is 17.8. The lowest BCUT2D eigenvalue weighted by Gasteiger charge is -2.28. The van der Waals surface area contributed by atoms with Crippen molar-refractivity contribution in [3.05, 3.63) is 81.6 Å². The van der Waals surface area contributed by atoms with Crippen LogP contribution < -0.4 is 0 Å². The van der Waals surface area contributed by atoms with E-state index in [1.807, 2.05) is 40.7 Å². The van der Waals surface area contributed by atoms with E-state index in [2.05, 4.69) is 28.2 Å². The molecule has 0 bridgehead atoms. The third-order valence-electron chi connectivity index (χ3n) is 4.74. The summed E-state index contributed by atoms with van der Waals surface area (Å²) in [7, 11) is 0. The number of carbonyl (C=O) groups is 1. The maximum Gasteiger partial charge on any atom is 0.228 e. The van der Waals surface area contributed by atoms with E-state index in [-0.39, 0.29) is 5.91 Å². The number of rotatable bonds is 5. The summed E-state index contributed by atoms with van der Waals surface area (Å²) in [6.07, 6.45) is 4.90. The van der Waals surface area contributed by atoms with Crippen molar-refractivity contribution in [1.29, 1.82) is 0 Å². The number of hydrogen-bond acceptors (Lipinski definition) is 4. The van der Waals surface area contributed by atoms with Crippen molar-refractivity contribution in [2.24, 2.45) is 0 Å². The number of aromatic nitrogens is 2. The number of amides is 1. The van der Waals surface area contributed by atoms with Gasteiger partial charge in [-0.05, 0) is 36.1 Å². The quantitative estimate of drug-likeness (QED) is 0.697. The molecule has 1 amide bonds. The molecule has 132 valence electrons. The second kappa shape index (κ2) is 7.79.